The standard InChI is InChI=1S/C33H42N8O5/c1-24(2)15-19-40-20-29(42)36-33(16-7-9-25-8-3-4-10-28(25)33)32(45)34-17-5-6-18-39(21-30(40)43)31(44)22-46-27-13-11-26(12-14-27)41-23-35-37-38-41/h3-4,8,10-14,23-24H,5-7,9,15-22H2,1-2H3,(H,34,45)(H,36,42). The molecule has 1 saturated heterocycles. The highest BCUT2D eigenvalue weighted by atomic mass is 16.5. The molecule has 4 amide bonds. The Kier molecular flexibility index (Phi) is 10.6. The third kappa shape index (κ3) is 7.88. The van der Waals surface area contributed by atoms with E-state index in [2.05, 4.69) is 40.0 Å². The molecule has 13 heteroatoms. The van der Waals surface area contributed by atoms with Gasteiger partial charge < -0.3 is 25.2 Å². The fraction of sp³-hybridized carbons (Fsp3) is 0.485. The predicted molar refractivity (Wildman–Crippen MR) is 169 cm³/mol. The zero-order valence-electron chi connectivity index (χ0n) is 26.5. The normalized spacial score (nSPS) is 19.8. The lowest BCUT2D eigenvalue weighted by molar-refractivity contribution is -0.144. The second-order valence-corrected chi connectivity index (χ2v) is 12.3. The molecular weight excluding hydrogens is 588 g/mol. The van der Waals surface area contributed by atoms with Crippen molar-refractivity contribution in [1.82, 2.24) is 40.6 Å². The van der Waals surface area contributed by atoms with Gasteiger partial charge in [0.05, 0.1) is 18.8 Å². The molecule has 2 N–H and O–H groups in total. The first kappa shape index (κ1) is 32.6. The zero-order valence-corrected chi connectivity index (χ0v) is 26.5. The van der Waals surface area contributed by atoms with Crippen LogP contribution in [0.5, 0.6) is 5.75 Å². The van der Waals surface area contributed by atoms with Crippen molar-refractivity contribution in [3.05, 3.63) is 66.0 Å². The van der Waals surface area contributed by atoms with E-state index in [1.807, 2.05) is 24.3 Å². The molecule has 0 saturated carbocycles. The molecule has 1 fully saturated rings. The van der Waals surface area contributed by atoms with Crippen molar-refractivity contribution in [2.45, 2.75) is 57.9 Å². The van der Waals surface area contributed by atoms with E-state index < -0.39 is 11.4 Å². The quantitative estimate of drug-likeness (QED) is 0.402. The molecule has 2 aliphatic rings. The number of amides is 4. The average molecular weight is 631 g/mol. The molecule has 5 rings (SSSR count). The van der Waals surface area contributed by atoms with Gasteiger partial charge >= 0.3 is 0 Å². The molecule has 0 bridgehead atoms. The van der Waals surface area contributed by atoms with E-state index in [4.69, 9.17) is 4.74 Å². The molecule has 0 radical (unpaired) electrons. The molecule has 3 aromatic rings. The Morgan fingerprint density at radius 1 is 1.02 bits per heavy atom. The Hall–Kier alpha value is -4.81. The topological polar surface area (TPSA) is 152 Å². The Balaban J connectivity index is 1.31. The second kappa shape index (κ2) is 15.0. The highest BCUT2D eigenvalue weighted by molar-refractivity contribution is 5.95. The maximum atomic E-state index is 13.8. The van der Waals surface area contributed by atoms with E-state index in [1.54, 1.807) is 24.3 Å². The molecule has 2 heterocycles. The lowest BCUT2D eigenvalue weighted by Gasteiger charge is -2.39. The van der Waals surface area contributed by atoms with Crippen LogP contribution in [0.4, 0.5) is 0 Å². The fourth-order valence-electron chi connectivity index (χ4n) is 5.96. The number of carbonyl (C=O) groups is 4. The van der Waals surface area contributed by atoms with Crippen LogP contribution in [-0.2, 0) is 31.1 Å². The highest BCUT2D eigenvalue weighted by Crippen LogP contribution is 2.36. The number of hydrogen-bond donors (Lipinski definition) is 2. The first-order valence-corrected chi connectivity index (χ1v) is 15.9. The minimum absolute atomic E-state index is 0.174. The number of fused-ring (bicyclic) bond motifs is 2. The number of carbonyl (C=O) groups excluding carboxylic acids is 4. The molecule has 2 aromatic carbocycles. The molecule has 1 aliphatic carbocycles. The Morgan fingerprint density at radius 2 is 1.83 bits per heavy atom. The van der Waals surface area contributed by atoms with Crippen molar-refractivity contribution in [3.63, 3.8) is 0 Å². The third-order valence-electron chi connectivity index (χ3n) is 8.51. The number of ether oxygens (including phenoxy) is 1. The summed E-state index contributed by atoms with van der Waals surface area (Å²) in [5.41, 5.74) is 1.38. The summed E-state index contributed by atoms with van der Waals surface area (Å²) in [5.74, 6) is -0.557. The van der Waals surface area contributed by atoms with Crippen LogP contribution < -0.4 is 15.4 Å². The summed E-state index contributed by atoms with van der Waals surface area (Å²) >= 11 is 0. The number of aromatic nitrogens is 4. The van der Waals surface area contributed by atoms with Gasteiger partial charge in [-0.05, 0) is 90.3 Å². The summed E-state index contributed by atoms with van der Waals surface area (Å²) in [6, 6.07) is 14.7. The summed E-state index contributed by atoms with van der Waals surface area (Å²) in [4.78, 5) is 57.5. The minimum atomic E-state index is -1.20. The first-order valence-electron chi connectivity index (χ1n) is 15.9. The molecule has 1 aromatic heterocycles. The van der Waals surface area contributed by atoms with E-state index in [0.717, 1.165) is 29.7 Å². The monoisotopic (exact) mass is 630 g/mol. The van der Waals surface area contributed by atoms with Crippen molar-refractivity contribution in [1.29, 1.82) is 0 Å². The van der Waals surface area contributed by atoms with Gasteiger partial charge in [0, 0.05) is 19.6 Å². The number of rotatable bonds is 7. The molecular formula is C33H42N8O5. The molecule has 1 unspecified atom stereocenters. The number of tetrazole rings is 1. The molecule has 46 heavy (non-hydrogen) atoms. The Labute approximate surface area is 268 Å². The van der Waals surface area contributed by atoms with E-state index in [0.29, 0.717) is 57.0 Å². The van der Waals surface area contributed by atoms with Crippen molar-refractivity contribution >= 4 is 23.6 Å². The van der Waals surface area contributed by atoms with Crippen molar-refractivity contribution in [2.75, 3.05) is 39.3 Å². The molecule has 13 nitrogen and oxygen atoms in total. The number of nitrogens with one attached hydrogen (secondary N) is 2. The lowest BCUT2D eigenvalue weighted by Crippen LogP contribution is -2.60. The van der Waals surface area contributed by atoms with Crippen LogP contribution in [0, 0.1) is 5.92 Å². The summed E-state index contributed by atoms with van der Waals surface area (Å²) in [7, 11) is 0. The number of benzene rings is 2. The van der Waals surface area contributed by atoms with Gasteiger partial charge in [0.1, 0.15) is 17.6 Å². The SMILES string of the molecule is CC(C)CCN1CC(=O)NC2(CCCc3ccccc32)C(=O)NCCCCN(C(=O)COc2ccc(-n3cnnn3)cc2)CC1=O. The van der Waals surface area contributed by atoms with Gasteiger partial charge in [-0.2, -0.15) is 0 Å². The van der Waals surface area contributed by atoms with Gasteiger partial charge in [0.2, 0.25) is 17.7 Å². The summed E-state index contributed by atoms with van der Waals surface area (Å²) in [6.45, 7) is 4.49. The van der Waals surface area contributed by atoms with Crippen molar-refractivity contribution in [3.8, 4) is 11.4 Å². The predicted octanol–water partition coefficient (Wildman–Crippen LogP) is 2.00. The van der Waals surface area contributed by atoms with Crippen LogP contribution >= 0.6 is 0 Å². The van der Waals surface area contributed by atoms with Gasteiger partial charge in [-0.25, -0.2) is 4.68 Å². The van der Waals surface area contributed by atoms with E-state index in [9.17, 15) is 19.2 Å². The van der Waals surface area contributed by atoms with Gasteiger partial charge in [0.25, 0.3) is 5.91 Å². The van der Waals surface area contributed by atoms with Crippen LogP contribution in [-0.4, -0.2) is 93.0 Å². The van der Waals surface area contributed by atoms with Crippen molar-refractivity contribution in [2.24, 2.45) is 5.92 Å². The van der Waals surface area contributed by atoms with Crippen LogP contribution in [0.1, 0.15) is 57.1 Å². The summed E-state index contributed by atoms with van der Waals surface area (Å²) < 4.78 is 7.27. The first-order chi connectivity index (χ1) is 22.2. The number of hydrogen-bond acceptors (Lipinski definition) is 8. The third-order valence-corrected chi connectivity index (χ3v) is 8.51. The summed E-state index contributed by atoms with van der Waals surface area (Å²) in [5, 5.41) is 17.2. The molecule has 244 valence electrons. The lowest BCUT2D eigenvalue weighted by atomic mass is 9.75. The fourth-order valence-corrected chi connectivity index (χ4v) is 5.96. The van der Waals surface area contributed by atoms with Crippen LogP contribution in [0.15, 0.2) is 54.9 Å². The molecule has 1 spiro atoms. The van der Waals surface area contributed by atoms with E-state index >= 15 is 0 Å². The second-order valence-electron chi connectivity index (χ2n) is 12.3. The Morgan fingerprint density at radius 3 is 2.59 bits per heavy atom. The Bertz CT molecular complexity index is 1510. The highest BCUT2D eigenvalue weighted by Gasteiger charge is 2.44. The molecule has 1 atom stereocenters. The molecule has 1 aliphatic heterocycles. The number of nitrogens with zero attached hydrogens (tertiary/aromatic N) is 6. The van der Waals surface area contributed by atoms with Gasteiger partial charge in [-0.3, -0.25) is 19.2 Å². The minimum Gasteiger partial charge on any atom is -0.484 e. The van der Waals surface area contributed by atoms with Gasteiger partial charge in [0.15, 0.2) is 6.61 Å². The smallest absolute Gasteiger partial charge is 0.260 e. The van der Waals surface area contributed by atoms with Crippen LogP contribution in [0.3, 0.4) is 0 Å². The van der Waals surface area contributed by atoms with E-state index in [1.165, 1.54) is 20.8 Å². The zero-order chi connectivity index (χ0) is 32.5. The number of aryl methyl sites for hydroxylation is 1. The maximum Gasteiger partial charge on any atom is 0.260 e. The average Bonchev–Trinajstić information content (AvgIpc) is 3.60. The van der Waals surface area contributed by atoms with Gasteiger partial charge in [-0.1, -0.05) is 38.1 Å². The maximum absolute atomic E-state index is 13.8. The van der Waals surface area contributed by atoms with Crippen LogP contribution in [0.25, 0.3) is 5.69 Å². The largest absolute Gasteiger partial charge is 0.484 e. The van der Waals surface area contributed by atoms with Gasteiger partial charge in [-0.15, -0.1) is 5.10 Å². The summed E-state index contributed by atoms with van der Waals surface area (Å²) in [6.07, 6.45) is 5.38. The van der Waals surface area contributed by atoms with E-state index in [-0.39, 0.29) is 37.4 Å². The van der Waals surface area contributed by atoms with Crippen molar-refractivity contribution < 1.29 is 23.9 Å². The van der Waals surface area contributed by atoms with Crippen LogP contribution in [0.2, 0.25) is 0 Å².